The first-order valence-electron chi connectivity index (χ1n) is 14.4. The summed E-state index contributed by atoms with van der Waals surface area (Å²) in [4.78, 5) is 0. The van der Waals surface area contributed by atoms with Gasteiger partial charge in [0.1, 0.15) is 12.4 Å². The van der Waals surface area contributed by atoms with Gasteiger partial charge < -0.3 is 0 Å². The monoisotopic (exact) mass is 433 g/mol. The standard InChI is InChI=1S/C29H57N2/c1-4-7-9-11-13-15-17-19-21-23-25-29-30(6-3)27-28-31(29)26-24-22-20-18-16-14-12-10-8-5-2/h27-28H,4-26H2,1-3H3/q+1. The number of imidazole rings is 1. The summed E-state index contributed by atoms with van der Waals surface area (Å²) >= 11 is 0. The van der Waals surface area contributed by atoms with E-state index in [1.165, 1.54) is 141 Å². The van der Waals surface area contributed by atoms with Crippen molar-refractivity contribution < 1.29 is 4.57 Å². The van der Waals surface area contributed by atoms with Gasteiger partial charge >= 0.3 is 0 Å². The number of aromatic nitrogens is 2. The third kappa shape index (κ3) is 14.8. The Morgan fingerprint density at radius 2 is 0.968 bits per heavy atom. The molecule has 2 heteroatoms. The SMILES string of the molecule is CCCCCCCCCCCCc1n(CC)cc[n+]1CCCCCCCCCCCC. The van der Waals surface area contributed by atoms with Crippen LogP contribution < -0.4 is 4.57 Å². The summed E-state index contributed by atoms with van der Waals surface area (Å²) in [7, 11) is 0. The number of aryl methyl sites for hydroxylation is 2. The summed E-state index contributed by atoms with van der Waals surface area (Å²) in [5.41, 5.74) is 0. The van der Waals surface area contributed by atoms with E-state index in [0.29, 0.717) is 0 Å². The summed E-state index contributed by atoms with van der Waals surface area (Å²) in [6, 6.07) is 0. The van der Waals surface area contributed by atoms with E-state index in [2.05, 4.69) is 42.3 Å². The van der Waals surface area contributed by atoms with Gasteiger partial charge in [0, 0.05) is 6.42 Å². The first-order chi connectivity index (χ1) is 15.3. The molecule has 0 aliphatic carbocycles. The second-order valence-electron chi connectivity index (χ2n) is 9.81. The van der Waals surface area contributed by atoms with Gasteiger partial charge in [-0.2, -0.15) is 0 Å². The quantitative estimate of drug-likeness (QED) is 0.120. The largest absolute Gasteiger partial charge is 0.256 e. The minimum absolute atomic E-state index is 1.11. The Labute approximate surface area is 196 Å². The van der Waals surface area contributed by atoms with Crippen molar-refractivity contribution in [1.29, 1.82) is 0 Å². The zero-order valence-electron chi connectivity index (χ0n) is 21.8. The smallest absolute Gasteiger partial charge is 0.235 e. The molecule has 0 aliphatic heterocycles. The molecule has 0 fully saturated rings. The van der Waals surface area contributed by atoms with E-state index in [1.807, 2.05) is 0 Å². The zero-order chi connectivity index (χ0) is 22.4. The van der Waals surface area contributed by atoms with Crippen LogP contribution in [0.3, 0.4) is 0 Å². The third-order valence-electron chi connectivity index (χ3n) is 6.94. The summed E-state index contributed by atoms with van der Waals surface area (Å²) in [6.45, 7) is 9.22. The Balaban J connectivity index is 2.10. The van der Waals surface area contributed by atoms with Crippen molar-refractivity contribution in [3.63, 3.8) is 0 Å². The van der Waals surface area contributed by atoms with Crippen molar-refractivity contribution in [1.82, 2.24) is 4.57 Å². The van der Waals surface area contributed by atoms with Gasteiger partial charge in [-0.15, -0.1) is 0 Å². The first-order valence-corrected chi connectivity index (χ1v) is 14.4. The van der Waals surface area contributed by atoms with Gasteiger partial charge in [-0.3, -0.25) is 0 Å². The van der Waals surface area contributed by atoms with Gasteiger partial charge in [-0.05, 0) is 26.2 Å². The number of rotatable bonds is 23. The zero-order valence-corrected chi connectivity index (χ0v) is 21.8. The lowest BCUT2D eigenvalue weighted by atomic mass is 10.1. The molecule has 0 spiro atoms. The Kier molecular flexibility index (Phi) is 19.2. The first kappa shape index (κ1) is 28.2. The second-order valence-corrected chi connectivity index (χ2v) is 9.81. The minimum Gasteiger partial charge on any atom is -0.235 e. The van der Waals surface area contributed by atoms with Gasteiger partial charge in [-0.25, -0.2) is 9.13 Å². The van der Waals surface area contributed by atoms with Crippen molar-refractivity contribution in [2.75, 3.05) is 0 Å². The summed E-state index contributed by atoms with van der Waals surface area (Å²) < 4.78 is 5.03. The van der Waals surface area contributed by atoms with E-state index in [9.17, 15) is 0 Å². The van der Waals surface area contributed by atoms with Crippen molar-refractivity contribution in [2.45, 2.75) is 169 Å². The summed E-state index contributed by atoms with van der Waals surface area (Å²) in [5.74, 6) is 1.57. The van der Waals surface area contributed by atoms with Crippen LogP contribution in [0.5, 0.6) is 0 Å². The Bertz CT molecular complexity index is 491. The number of nitrogens with zero attached hydrogens (tertiary/aromatic N) is 2. The molecule has 2 nitrogen and oxygen atoms in total. The van der Waals surface area contributed by atoms with E-state index in [1.54, 1.807) is 5.82 Å². The van der Waals surface area contributed by atoms with Crippen molar-refractivity contribution >= 4 is 0 Å². The van der Waals surface area contributed by atoms with E-state index < -0.39 is 0 Å². The number of unbranched alkanes of at least 4 members (excludes halogenated alkanes) is 18. The maximum Gasteiger partial charge on any atom is 0.256 e. The highest BCUT2D eigenvalue weighted by Crippen LogP contribution is 2.13. The van der Waals surface area contributed by atoms with Crippen LogP contribution in [0.4, 0.5) is 0 Å². The van der Waals surface area contributed by atoms with Crippen molar-refractivity contribution in [2.24, 2.45) is 0 Å². The maximum absolute atomic E-state index is 2.56. The Hall–Kier alpha value is -0.790. The molecular weight excluding hydrogens is 376 g/mol. The van der Waals surface area contributed by atoms with Crippen LogP contribution in [-0.2, 0) is 19.5 Å². The van der Waals surface area contributed by atoms with Gasteiger partial charge in [-0.1, -0.05) is 123 Å². The maximum atomic E-state index is 2.56. The molecule has 31 heavy (non-hydrogen) atoms. The fourth-order valence-electron chi connectivity index (χ4n) is 4.82. The van der Waals surface area contributed by atoms with E-state index in [0.717, 1.165) is 6.54 Å². The van der Waals surface area contributed by atoms with Crippen LogP contribution in [0.1, 0.15) is 155 Å². The van der Waals surface area contributed by atoms with E-state index >= 15 is 0 Å². The lowest BCUT2D eigenvalue weighted by Gasteiger charge is -2.06. The predicted octanol–water partition coefficient (Wildman–Crippen LogP) is 9.18. The fourth-order valence-corrected chi connectivity index (χ4v) is 4.82. The third-order valence-corrected chi connectivity index (χ3v) is 6.94. The summed E-state index contributed by atoms with van der Waals surface area (Å²) in [5, 5.41) is 0. The highest BCUT2D eigenvalue weighted by Gasteiger charge is 2.15. The molecule has 1 rings (SSSR count). The molecule has 0 unspecified atom stereocenters. The molecule has 182 valence electrons. The molecule has 0 saturated carbocycles. The average Bonchev–Trinajstić information content (AvgIpc) is 3.18. The topological polar surface area (TPSA) is 8.81 Å². The normalized spacial score (nSPS) is 11.5. The van der Waals surface area contributed by atoms with Gasteiger partial charge in [0.15, 0.2) is 0 Å². The second kappa shape index (κ2) is 21.1. The lowest BCUT2D eigenvalue weighted by Crippen LogP contribution is -2.37. The molecule has 1 aromatic heterocycles. The molecular formula is C29H57N2+. The molecule has 0 aliphatic rings. The van der Waals surface area contributed by atoms with Crippen LogP contribution in [0, 0.1) is 0 Å². The highest BCUT2D eigenvalue weighted by atomic mass is 15.1. The minimum atomic E-state index is 1.11. The van der Waals surface area contributed by atoms with Crippen LogP contribution in [0.2, 0.25) is 0 Å². The molecule has 0 amide bonds. The predicted molar refractivity (Wildman–Crippen MR) is 138 cm³/mol. The van der Waals surface area contributed by atoms with Crippen molar-refractivity contribution in [3.05, 3.63) is 18.2 Å². The number of hydrogen-bond donors (Lipinski definition) is 0. The lowest BCUT2D eigenvalue weighted by molar-refractivity contribution is -0.704. The molecule has 0 saturated heterocycles. The molecule has 0 radical (unpaired) electrons. The van der Waals surface area contributed by atoms with Gasteiger partial charge in [0.05, 0.1) is 13.1 Å². The average molecular weight is 434 g/mol. The van der Waals surface area contributed by atoms with Crippen LogP contribution in [-0.4, -0.2) is 4.57 Å². The molecule has 0 aromatic carbocycles. The molecule has 0 N–H and O–H groups in total. The van der Waals surface area contributed by atoms with Crippen molar-refractivity contribution in [3.8, 4) is 0 Å². The fraction of sp³-hybridized carbons (Fsp3) is 0.897. The molecule has 1 aromatic rings. The van der Waals surface area contributed by atoms with Gasteiger partial charge in [0.2, 0.25) is 0 Å². The number of hydrogen-bond acceptors (Lipinski definition) is 0. The Morgan fingerprint density at radius 1 is 0.548 bits per heavy atom. The molecule has 0 atom stereocenters. The van der Waals surface area contributed by atoms with Crippen LogP contribution >= 0.6 is 0 Å². The van der Waals surface area contributed by atoms with Crippen LogP contribution in [0.15, 0.2) is 12.4 Å². The van der Waals surface area contributed by atoms with Crippen LogP contribution in [0.25, 0.3) is 0 Å². The van der Waals surface area contributed by atoms with Gasteiger partial charge in [0.25, 0.3) is 5.82 Å². The van der Waals surface area contributed by atoms with E-state index in [-0.39, 0.29) is 0 Å². The van der Waals surface area contributed by atoms with E-state index in [4.69, 9.17) is 0 Å². The Morgan fingerprint density at radius 3 is 1.42 bits per heavy atom. The molecule has 1 heterocycles. The molecule has 0 bridgehead atoms. The summed E-state index contributed by atoms with van der Waals surface area (Å²) in [6.07, 6.45) is 34.4. The highest BCUT2D eigenvalue weighted by molar-refractivity contribution is 4.83.